The number of amides is 1. The largest absolute Gasteiger partial charge is 0.378 e. The van der Waals surface area contributed by atoms with Gasteiger partial charge in [0, 0.05) is 44.7 Å². The summed E-state index contributed by atoms with van der Waals surface area (Å²) in [7, 11) is 1.68. The summed E-state index contributed by atoms with van der Waals surface area (Å²) in [6.07, 6.45) is 4.16. The minimum absolute atomic E-state index is 0.175. The molecule has 3 aromatic rings. The summed E-state index contributed by atoms with van der Waals surface area (Å²) in [6.45, 7) is 2.58. The van der Waals surface area contributed by atoms with Crippen molar-refractivity contribution in [1.82, 2.24) is 19.7 Å². The summed E-state index contributed by atoms with van der Waals surface area (Å²) in [5.41, 5.74) is 1.10. The van der Waals surface area contributed by atoms with E-state index in [1.54, 1.807) is 30.3 Å². The molecule has 1 amide bonds. The van der Waals surface area contributed by atoms with Crippen LogP contribution in [-0.2, 0) is 19.9 Å². The third-order valence-corrected chi connectivity index (χ3v) is 4.55. The van der Waals surface area contributed by atoms with E-state index in [1.165, 1.54) is 6.92 Å². The van der Waals surface area contributed by atoms with E-state index in [9.17, 15) is 4.79 Å². The van der Waals surface area contributed by atoms with Crippen molar-refractivity contribution in [2.75, 3.05) is 25.6 Å². The normalized spacial score (nSPS) is 19.8. The quantitative estimate of drug-likeness (QED) is 0.772. The molecule has 1 aliphatic heterocycles. The first-order valence-electron chi connectivity index (χ1n) is 8.33. The smallest absolute Gasteiger partial charge is 0.222 e. The molecule has 8 heteroatoms. The van der Waals surface area contributed by atoms with E-state index in [2.05, 4.69) is 15.4 Å². The Morgan fingerprint density at radius 2 is 2.27 bits per heavy atom. The number of ether oxygens (including phenoxy) is 2. The van der Waals surface area contributed by atoms with Gasteiger partial charge in [-0.05, 0) is 12.1 Å². The number of nitrogens with zero attached hydrogens (tertiary/aromatic N) is 4. The van der Waals surface area contributed by atoms with Crippen LogP contribution in [0.5, 0.6) is 0 Å². The van der Waals surface area contributed by atoms with E-state index >= 15 is 0 Å². The highest BCUT2D eigenvalue weighted by atomic mass is 16.5. The van der Waals surface area contributed by atoms with Crippen LogP contribution in [0.2, 0.25) is 0 Å². The summed E-state index contributed by atoms with van der Waals surface area (Å²) in [5, 5.41) is 7.98. The topological polar surface area (TPSA) is 91.2 Å². The number of rotatable bonds is 4. The second kappa shape index (κ2) is 6.47. The molecule has 3 aromatic heterocycles. The average Bonchev–Trinajstić information content (AvgIpc) is 3.29. The Balaban J connectivity index is 1.78. The third-order valence-electron chi connectivity index (χ3n) is 4.55. The Bertz CT molecular complexity index is 962. The molecular weight excluding hydrogens is 334 g/mol. The number of hydrogen-bond acceptors (Lipinski definition) is 6. The van der Waals surface area contributed by atoms with Crippen LogP contribution in [0, 0.1) is 0 Å². The minimum atomic E-state index is -0.526. The first kappa shape index (κ1) is 16.6. The molecule has 0 spiro atoms. The second-order valence-electron chi connectivity index (χ2n) is 6.25. The lowest BCUT2D eigenvalue weighted by Gasteiger charge is -2.25. The average molecular weight is 353 g/mol. The molecule has 134 valence electrons. The zero-order valence-electron chi connectivity index (χ0n) is 14.6. The van der Waals surface area contributed by atoms with Gasteiger partial charge in [0.05, 0.1) is 24.0 Å². The zero-order valence-corrected chi connectivity index (χ0v) is 14.6. The monoisotopic (exact) mass is 353 g/mol. The van der Waals surface area contributed by atoms with Crippen molar-refractivity contribution in [3.05, 3.63) is 42.4 Å². The molecule has 1 fully saturated rings. The predicted molar refractivity (Wildman–Crippen MR) is 95.1 cm³/mol. The summed E-state index contributed by atoms with van der Waals surface area (Å²) in [5.74, 6) is 0.965. The zero-order chi connectivity index (χ0) is 18.1. The molecule has 0 saturated carbocycles. The van der Waals surface area contributed by atoms with Gasteiger partial charge in [-0.3, -0.25) is 4.79 Å². The Kier molecular flexibility index (Phi) is 4.14. The second-order valence-corrected chi connectivity index (χ2v) is 6.25. The maximum absolute atomic E-state index is 11.3. The molecule has 0 aliphatic carbocycles. The van der Waals surface area contributed by atoms with Crippen molar-refractivity contribution in [2.24, 2.45) is 0 Å². The van der Waals surface area contributed by atoms with Gasteiger partial charge in [0.2, 0.25) is 5.91 Å². The standard InChI is InChI=1S/C18H19N5O3/c1-12(24)21-16-8-14-13(9-19-16)10-20-23(14)17-5-3-4-15(22-17)18(25-2)6-7-26-11-18/h3-5,8-10H,6-7,11H2,1-2H3,(H,19,21,24)/t18-/m1/s1. The maximum atomic E-state index is 11.3. The molecule has 26 heavy (non-hydrogen) atoms. The Morgan fingerprint density at radius 1 is 1.38 bits per heavy atom. The molecule has 0 bridgehead atoms. The number of fused-ring (bicyclic) bond motifs is 1. The first-order chi connectivity index (χ1) is 12.6. The van der Waals surface area contributed by atoms with E-state index in [1.807, 2.05) is 18.2 Å². The molecule has 1 N–H and O–H groups in total. The van der Waals surface area contributed by atoms with E-state index in [-0.39, 0.29) is 5.91 Å². The van der Waals surface area contributed by atoms with Crippen LogP contribution in [0.1, 0.15) is 19.0 Å². The molecular formula is C18H19N5O3. The Labute approximate surface area is 150 Å². The molecule has 0 radical (unpaired) electrons. The fourth-order valence-electron chi connectivity index (χ4n) is 3.16. The molecule has 8 nitrogen and oxygen atoms in total. The van der Waals surface area contributed by atoms with Crippen molar-refractivity contribution in [2.45, 2.75) is 18.9 Å². The van der Waals surface area contributed by atoms with E-state index in [0.29, 0.717) is 24.8 Å². The van der Waals surface area contributed by atoms with Gasteiger partial charge < -0.3 is 14.8 Å². The summed E-state index contributed by atoms with van der Waals surface area (Å²) in [6, 6.07) is 7.54. The number of hydrogen-bond donors (Lipinski definition) is 1. The number of pyridine rings is 2. The highest BCUT2D eigenvalue weighted by molar-refractivity contribution is 5.90. The number of carbonyl (C=O) groups excluding carboxylic acids is 1. The highest BCUT2D eigenvalue weighted by Crippen LogP contribution is 2.33. The van der Waals surface area contributed by atoms with Crippen LogP contribution < -0.4 is 5.32 Å². The lowest BCUT2D eigenvalue weighted by atomic mass is 9.98. The molecule has 4 rings (SSSR count). The van der Waals surface area contributed by atoms with E-state index < -0.39 is 5.60 Å². The van der Waals surface area contributed by atoms with Gasteiger partial charge in [-0.15, -0.1) is 0 Å². The van der Waals surface area contributed by atoms with Gasteiger partial charge in [-0.1, -0.05) is 6.07 Å². The van der Waals surface area contributed by atoms with Gasteiger partial charge in [0.25, 0.3) is 0 Å². The summed E-state index contributed by atoms with van der Waals surface area (Å²) in [4.78, 5) is 20.3. The van der Waals surface area contributed by atoms with Crippen LogP contribution >= 0.6 is 0 Å². The molecule has 1 atom stereocenters. The number of methoxy groups -OCH3 is 1. The highest BCUT2D eigenvalue weighted by Gasteiger charge is 2.38. The molecule has 1 aliphatic rings. The van der Waals surface area contributed by atoms with Crippen LogP contribution in [-0.4, -0.2) is 46.0 Å². The van der Waals surface area contributed by atoms with Crippen molar-refractivity contribution < 1.29 is 14.3 Å². The fraction of sp³-hybridized carbons (Fsp3) is 0.333. The summed E-state index contributed by atoms with van der Waals surface area (Å²) < 4.78 is 13.0. The number of nitrogens with one attached hydrogen (secondary N) is 1. The van der Waals surface area contributed by atoms with Crippen LogP contribution in [0.4, 0.5) is 5.82 Å². The maximum Gasteiger partial charge on any atom is 0.222 e. The summed E-state index contributed by atoms with van der Waals surface area (Å²) >= 11 is 0. The number of anilines is 1. The lowest BCUT2D eigenvalue weighted by Crippen LogP contribution is -2.30. The minimum Gasteiger partial charge on any atom is -0.378 e. The molecule has 0 unspecified atom stereocenters. The van der Waals surface area contributed by atoms with Gasteiger partial charge >= 0.3 is 0 Å². The van der Waals surface area contributed by atoms with Gasteiger partial charge in [-0.2, -0.15) is 5.10 Å². The van der Waals surface area contributed by atoms with Crippen LogP contribution in [0.3, 0.4) is 0 Å². The van der Waals surface area contributed by atoms with Crippen molar-refractivity contribution >= 4 is 22.6 Å². The Morgan fingerprint density at radius 3 is 3.00 bits per heavy atom. The molecule has 4 heterocycles. The lowest BCUT2D eigenvalue weighted by molar-refractivity contribution is -0.114. The van der Waals surface area contributed by atoms with Gasteiger partial charge in [0.15, 0.2) is 5.82 Å². The van der Waals surface area contributed by atoms with Crippen LogP contribution in [0.15, 0.2) is 36.7 Å². The number of carbonyl (C=O) groups is 1. The predicted octanol–water partition coefficient (Wildman–Crippen LogP) is 2.04. The fourth-order valence-corrected chi connectivity index (χ4v) is 3.16. The Hall–Kier alpha value is -2.84. The SMILES string of the molecule is CO[C@]1(c2cccc(-n3ncc4cnc(NC(C)=O)cc43)n2)CCOC1. The van der Waals surface area contributed by atoms with Crippen molar-refractivity contribution in [3.8, 4) is 5.82 Å². The first-order valence-corrected chi connectivity index (χ1v) is 8.33. The third kappa shape index (κ3) is 2.83. The van der Waals surface area contributed by atoms with E-state index in [4.69, 9.17) is 14.5 Å². The van der Waals surface area contributed by atoms with Gasteiger partial charge in [-0.25, -0.2) is 14.6 Å². The van der Waals surface area contributed by atoms with Gasteiger partial charge in [0.1, 0.15) is 11.4 Å². The van der Waals surface area contributed by atoms with Crippen molar-refractivity contribution in [3.63, 3.8) is 0 Å². The number of aromatic nitrogens is 4. The molecule has 1 saturated heterocycles. The van der Waals surface area contributed by atoms with E-state index in [0.717, 1.165) is 23.0 Å². The van der Waals surface area contributed by atoms with Crippen LogP contribution in [0.25, 0.3) is 16.7 Å². The van der Waals surface area contributed by atoms with Crippen molar-refractivity contribution in [1.29, 1.82) is 0 Å². The molecule has 0 aromatic carbocycles.